The van der Waals surface area contributed by atoms with E-state index >= 15 is 0 Å². The van der Waals surface area contributed by atoms with Crippen LogP contribution < -0.4 is 10.6 Å². The molecule has 1 aromatic rings. The first kappa shape index (κ1) is 15.5. The van der Waals surface area contributed by atoms with Gasteiger partial charge in [-0.1, -0.05) is 0 Å². The molecule has 1 saturated heterocycles. The Morgan fingerprint density at radius 3 is 2.00 bits per heavy atom. The third kappa shape index (κ3) is 3.25. The standard InChI is InChI=1S/C13H14F5N3/c14-9-5-7(12(19)20)6-10(15)11(9)21-3-1-8(2-4-21)13(16,17)18/h5-6,8H,1-4H2,(H3,19,20). The summed E-state index contributed by atoms with van der Waals surface area (Å²) in [4.78, 5) is 1.26. The van der Waals surface area contributed by atoms with E-state index in [1.165, 1.54) is 4.90 Å². The predicted octanol–water partition coefficient (Wildman–Crippen LogP) is 3.03. The Morgan fingerprint density at radius 1 is 1.14 bits per heavy atom. The van der Waals surface area contributed by atoms with Gasteiger partial charge in [-0.25, -0.2) is 8.78 Å². The topological polar surface area (TPSA) is 53.1 Å². The van der Waals surface area contributed by atoms with Gasteiger partial charge in [-0.15, -0.1) is 0 Å². The van der Waals surface area contributed by atoms with Crippen molar-refractivity contribution in [1.82, 2.24) is 0 Å². The number of nitrogens with two attached hydrogens (primary N) is 1. The smallest absolute Gasteiger partial charge is 0.384 e. The zero-order valence-corrected chi connectivity index (χ0v) is 11.0. The second kappa shape index (κ2) is 5.50. The Hall–Kier alpha value is -1.86. The van der Waals surface area contributed by atoms with Gasteiger partial charge in [0.05, 0.1) is 5.92 Å². The number of nitrogen functional groups attached to an aromatic ring is 1. The molecule has 2 rings (SSSR count). The SMILES string of the molecule is N=C(N)c1cc(F)c(N2CCC(C(F)(F)F)CC2)c(F)c1. The molecule has 0 unspecified atom stereocenters. The fourth-order valence-electron chi connectivity index (χ4n) is 2.45. The molecule has 1 aliphatic heterocycles. The van der Waals surface area contributed by atoms with Crippen LogP contribution in [0.4, 0.5) is 27.6 Å². The molecule has 1 aromatic carbocycles. The van der Waals surface area contributed by atoms with Crippen LogP contribution in [0.5, 0.6) is 0 Å². The Morgan fingerprint density at radius 2 is 1.62 bits per heavy atom. The van der Waals surface area contributed by atoms with Gasteiger partial charge in [0.2, 0.25) is 0 Å². The Kier molecular flexibility index (Phi) is 4.06. The van der Waals surface area contributed by atoms with Gasteiger partial charge in [0.1, 0.15) is 23.2 Å². The van der Waals surface area contributed by atoms with Gasteiger partial charge < -0.3 is 10.6 Å². The fourth-order valence-corrected chi connectivity index (χ4v) is 2.45. The molecule has 1 heterocycles. The van der Waals surface area contributed by atoms with E-state index in [2.05, 4.69) is 0 Å². The van der Waals surface area contributed by atoms with E-state index in [-0.39, 0.29) is 37.2 Å². The number of hydrogen-bond acceptors (Lipinski definition) is 2. The second-order valence-electron chi connectivity index (χ2n) is 5.01. The Bertz CT molecular complexity index is 524. The number of rotatable bonds is 2. The number of halogens is 5. The lowest BCUT2D eigenvalue weighted by Gasteiger charge is -2.34. The highest BCUT2D eigenvalue weighted by Gasteiger charge is 2.41. The molecule has 0 atom stereocenters. The number of benzene rings is 1. The van der Waals surface area contributed by atoms with Crippen molar-refractivity contribution in [3.05, 3.63) is 29.3 Å². The molecule has 116 valence electrons. The van der Waals surface area contributed by atoms with Crippen molar-refractivity contribution >= 4 is 11.5 Å². The number of nitrogens with zero attached hydrogens (tertiary/aromatic N) is 1. The molecule has 0 amide bonds. The highest BCUT2D eigenvalue weighted by atomic mass is 19.4. The quantitative estimate of drug-likeness (QED) is 0.501. The van der Waals surface area contributed by atoms with Gasteiger partial charge in [-0.05, 0) is 25.0 Å². The van der Waals surface area contributed by atoms with E-state index in [1.807, 2.05) is 0 Å². The molecule has 0 spiro atoms. The highest BCUT2D eigenvalue weighted by Crippen LogP contribution is 2.36. The van der Waals surface area contributed by atoms with Crippen LogP contribution in [0, 0.1) is 23.0 Å². The van der Waals surface area contributed by atoms with Crippen molar-refractivity contribution in [1.29, 1.82) is 5.41 Å². The molecule has 3 nitrogen and oxygen atoms in total. The summed E-state index contributed by atoms with van der Waals surface area (Å²) in [6, 6.07) is 1.83. The van der Waals surface area contributed by atoms with Crippen LogP contribution in [-0.4, -0.2) is 25.1 Å². The lowest BCUT2D eigenvalue weighted by Crippen LogP contribution is -2.39. The molecule has 3 N–H and O–H groups in total. The lowest BCUT2D eigenvalue weighted by molar-refractivity contribution is -0.179. The van der Waals surface area contributed by atoms with E-state index in [0.29, 0.717) is 0 Å². The minimum Gasteiger partial charge on any atom is -0.384 e. The minimum absolute atomic E-state index is 0.0720. The van der Waals surface area contributed by atoms with Gasteiger partial charge in [0.15, 0.2) is 0 Å². The third-order valence-corrected chi connectivity index (χ3v) is 3.60. The number of amidine groups is 1. The van der Waals surface area contributed by atoms with Crippen molar-refractivity contribution in [3.63, 3.8) is 0 Å². The molecule has 1 fully saturated rings. The van der Waals surface area contributed by atoms with Crippen LogP contribution in [0.3, 0.4) is 0 Å². The average Bonchev–Trinajstić information content (AvgIpc) is 2.37. The van der Waals surface area contributed by atoms with Crippen LogP contribution in [0.15, 0.2) is 12.1 Å². The van der Waals surface area contributed by atoms with Crippen molar-refractivity contribution in [3.8, 4) is 0 Å². The predicted molar refractivity (Wildman–Crippen MR) is 68.4 cm³/mol. The van der Waals surface area contributed by atoms with Crippen molar-refractivity contribution < 1.29 is 22.0 Å². The zero-order valence-electron chi connectivity index (χ0n) is 11.0. The first-order chi connectivity index (χ1) is 9.70. The number of piperidine rings is 1. The van der Waals surface area contributed by atoms with Crippen LogP contribution >= 0.6 is 0 Å². The summed E-state index contributed by atoms with van der Waals surface area (Å²) in [5.74, 6) is -3.76. The summed E-state index contributed by atoms with van der Waals surface area (Å²) in [5, 5.41) is 7.14. The van der Waals surface area contributed by atoms with Crippen LogP contribution in [0.2, 0.25) is 0 Å². The number of alkyl halides is 3. The van der Waals surface area contributed by atoms with Gasteiger partial charge in [-0.3, -0.25) is 5.41 Å². The van der Waals surface area contributed by atoms with Crippen LogP contribution in [0.1, 0.15) is 18.4 Å². The molecule has 8 heteroatoms. The van der Waals surface area contributed by atoms with Crippen molar-refractivity contribution in [2.75, 3.05) is 18.0 Å². The maximum Gasteiger partial charge on any atom is 0.391 e. The molecular weight excluding hydrogens is 293 g/mol. The zero-order chi connectivity index (χ0) is 15.8. The highest BCUT2D eigenvalue weighted by molar-refractivity contribution is 5.95. The van der Waals surface area contributed by atoms with Crippen LogP contribution in [-0.2, 0) is 0 Å². The lowest BCUT2D eigenvalue weighted by atomic mass is 9.95. The van der Waals surface area contributed by atoms with Gasteiger partial charge in [-0.2, -0.15) is 13.2 Å². The molecule has 0 radical (unpaired) electrons. The molecule has 0 aliphatic carbocycles. The second-order valence-corrected chi connectivity index (χ2v) is 5.01. The van der Waals surface area contributed by atoms with E-state index in [0.717, 1.165) is 12.1 Å². The Labute approximate surface area is 118 Å². The molecule has 0 saturated carbocycles. The number of hydrogen-bond donors (Lipinski definition) is 2. The van der Waals surface area contributed by atoms with Gasteiger partial charge in [0.25, 0.3) is 0 Å². The molecule has 0 bridgehead atoms. The minimum atomic E-state index is -4.28. The van der Waals surface area contributed by atoms with E-state index < -0.39 is 29.6 Å². The molecule has 0 aromatic heterocycles. The van der Waals surface area contributed by atoms with Crippen LogP contribution in [0.25, 0.3) is 0 Å². The first-order valence-corrected chi connectivity index (χ1v) is 6.35. The summed E-state index contributed by atoms with van der Waals surface area (Å²) in [5.41, 5.74) is 4.70. The summed E-state index contributed by atoms with van der Waals surface area (Å²) in [7, 11) is 0. The summed E-state index contributed by atoms with van der Waals surface area (Å²) < 4.78 is 65.6. The molecular formula is C13H14F5N3. The summed E-state index contributed by atoms with van der Waals surface area (Å²) >= 11 is 0. The maximum atomic E-state index is 13.9. The maximum absolute atomic E-state index is 13.9. The summed E-state index contributed by atoms with van der Waals surface area (Å²) in [6.45, 7) is -0.144. The van der Waals surface area contributed by atoms with Gasteiger partial charge in [0, 0.05) is 18.7 Å². The number of nitrogens with one attached hydrogen (secondary N) is 1. The number of anilines is 1. The average molecular weight is 307 g/mol. The van der Waals surface area contributed by atoms with E-state index in [1.54, 1.807) is 0 Å². The Balaban J connectivity index is 2.19. The van der Waals surface area contributed by atoms with Crippen molar-refractivity contribution in [2.45, 2.75) is 19.0 Å². The molecule has 21 heavy (non-hydrogen) atoms. The fraction of sp³-hybridized carbons (Fsp3) is 0.462. The normalized spacial score (nSPS) is 17.1. The van der Waals surface area contributed by atoms with Gasteiger partial charge >= 0.3 is 6.18 Å². The monoisotopic (exact) mass is 307 g/mol. The summed E-state index contributed by atoms with van der Waals surface area (Å²) in [6.07, 6.45) is -4.67. The van der Waals surface area contributed by atoms with E-state index in [4.69, 9.17) is 11.1 Å². The third-order valence-electron chi connectivity index (χ3n) is 3.60. The molecule has 1 aliphatic rings. The largest absolute Gasteiger partial charge is 0.391 e. The first-order valence-electron chi connectivity index (χ1n) is 6.35. The van der Waals surface area contributed by atoms with E-state index in [9.17, 15) is 22.0 Å². The van der Waals surface area contributed by atoms with Crippen molar-refractivity contribution in [2.24, 2.45) is 11.7 Å².